The molecule has 8 rings (SSSR count). The van der Waals surface area contributed by atoms with Gasteiger partial charge in [-0.15, -0.1) is 0 Å². The number of ether oxygens (including phenoxy) is 2. The predicted octanol–water partition coefficient (Wildman–Crippen LogP) is 3.32. The van der Waals surface area contributed by atoms with E-state index in [1.54, 1.807) is 6.20 Å². The number of aromatic amines is 1. The van der Waals surface area contributed by atoms with E-state index in [2.05, 4.69) is 30.9 Å². The lowest BCUT2D eigenvalue weighted by molar-refractivity contribution is -0.0510. The second-order valence-electron chi connectivity index (χ2n) is 10.6. The fraction of sp³-hybridized carbons (Fsp3) is 0.480. The lowest BCUT2D eigenvalue weighted by Crippen LogP contribution is -2.68. The molecule has 0 spiro atoms. The Morgan fingerprint density at radius 3 is 2.86 bits per heavy atom. The Labute approximate surface area is 212 Å². The van der Waals surface area contributed by atoms with E-state index in [0.29, 0.717) is 24.8 Å². The molecule has 37 heavy (non-hydrogen) atoms. The second kappa shape index (κ2) is 8.04. The van der Waals surface area contributed by atoms with E-state index in [-0.39, 0.29) is 23.8 Å². The van der Waals surface area contributed by atoms with Crippen LogP contribution in [0.25, 0.3) is 16.9 Å². The fourth-order valence-electron chi connectivity index (χ4n) is 5.97. The van der Waals surface area contributed by atoms with Crippen molar-refractivity contribution >= 4 is 23.5 Å². The Kier molecular flexibility index (Phi) is 4.84. The molecule has 4 aromatic heterocycles. The maximum atomic E-state index is 12.3. The molecule has 5 heterocycles. The van der Waals surface area contributed by atoms with Crippen LogP contribution in [0.15, 0.2) is 24.7 Å². The maximum absolute atomic E-state index is 12.3. The largest absolute Gasteiger partial charge is 0.444 e. The maximum Gasteiger partial charge on any atom is 0.407 e. The first-order chi connectivity index (χ1) is 17.9. The molecular formula is C25H29N9O3. The number of alkyl carbamates (subject to hydrolysis) is 1. The summed E-state index contributed by atoms with van der Waals surface area (Å²) < 4.78 is 15.3. The Hall–Kier alpha value is -3.93. The molecule has 4 fully saturated rings. The average Bonchev–Trinajstić information content (AvgIpc) is 3.60. The van der Waals surface area contributed by atoms with Gasteiger partial charge in [0.2, 0.25) is 5.95 Å². The molecular weight excluding hydrogens is 474 g/mol. The van der Waals surface area contributed by atoms with E-state index >= 15 is 0 Å². The average molecular weight is 504 g/mol. The number of nitrogens with one attached hydrogen (secondary N) is 3. The number of anilines is 2. The molecule has 3 aliphatic carbocycles. The van der Waals surface area contributed by atoms with Gasteiger partial charge < -0.3 is 20.1 Å². The number of imidazole rings is 1. The second-order valence-corrected chi connectivity index (χ2v) is 10.6. The first kappa shape index (κ1) is 22.3. The highest BCUT2D eigenvalue weighted by Crippen LogP contribution is 2.57. The topological polar surface area (TPSA) is 136 Å². The van der Waals surface area contributed by atoms with Crippen LogP contribution in [0.5, 0.6) is 0 Å². The van der Waals surface area contributed by atoms with Crippen LogP contribution < -0.4 is 10.6 Å². The zero-order valence-corrected chi connectivity index (χ0v) is 21.0. The van der Waals surface area contributed by atoms with Crippen LogP contribution in [0.4, 0.5) is 16.6 Å². The highest BCUT2D eigenvalue weighted by Gasteiger charge is 2.57. The van der Waals surface area contributed by atoms with Crippen LogP contribution in [0.1, 0.15) is 48.7 Å². The van der Waals surface area contributed by atoms with Crippen LogP contribution in [0, 0.1) is 19.8 Å². The quantitative estimate of drug-likeness (QED) is 0.365. The normalized spacial score (nSPS) is 26.1. The molecule has 0 radical (unpaired) electrons. The van der Waals surface area contributed by atoms with Gasteiger partial charge in [-0.1, -0.05) is 0 Å². The Bertz CT molecular complexity index is 1480. The van der Waals surface area contributed by atoms with Crippen molar-refractivity contribution in [3.8, 4) is 11.3 Å². The standard InChI is InChI=1S/C25H29N9O3/c1-13-11-27-33(3)21(13)20-14(2)28-23(34-5-4-26-22(20)34)29-19-7-17(31-32-19)18-6-16(12-36-18)37-24(35)30-25-8-15(9-25)10-25/h4-5,7,11,15-16,18H,6,8-10,12H2,1-3H3,(H,30,35)(H2,28,29,31,32)/t15?,16-,18-,25?/m0/s1. The predicted molar refractivity (Wildman–Crippen MR) is 133 cm³/mol. The Morgan fingerprint density at radius 1 is 1.30 bits per heavy atom. The summed E-state index contributed by atoms with van der Waals surface area (Å²) in [5.74, 6) is 2.01. The number of hydrogen-bond acceptors (Lipinski definition) is 8. The number of H-pyrrole nitrogens is 1. The van der Waals surface area contributed by atoms with E-state index in [1.807, 2.05) is 48.4 Å². The minimum atomic E-state index is -0.338. The van der Waals surface area contributed by atoms with Crippen LogP contribution >= 0.6 is 0 Å². The smallest absolute Gasteiger partial charge is 0.407 e. The summed E-state index contributed by atoms with van der Waals surface area (Å²) in [6.07, 6.45) is 8.45. The van der Waals surface area contributed by atoms with E-state index < -0.39 is 0 Å². The SMILES string of the molecule is Cc1cnn(C)c1-c1c(C)nc(Nc2cc([C@@H]3C[C@H](OC(=O)NC45CC(C4)C5)CO3)[nH]n2)n2ccnc12. The number of nitrogens with zero attached hydrogens (tertiary/aromatic N) is 6. The molecule has 3 saturated carbocycles. The summed E-state index contributed by atoms with van der Waals surface area (Å²) in [5.41, 5.74) is 5.43. The lowest BCUT2D eigenvalue weighted by Gasteiger charge is -2.61. The summed E-state index contributed by atoms with van der Waals surface area (Å²) in [6, 6.07) is 1.90. The summed E-state index contributed by atoms with van der Waals surface area (Å²) in [4.78, 5) is 21.7. The molecule has 0 unspecified atom stereocenters. The van der Waals surface area contributed by atoms with E-state index in [1.165, 1.54) is 0 Å². The number of carbonyl (C=O) groups excluding carboxylic acids is 1. The molecule has 1 amide bonds. The molecule has 2 atom stereocenters. The highest BCUT2D eigenvalue weighted by molar-refractivity contribution is 5.80. The number of rotatable bonds is 6. The molecule has 3 N–H and O–H groups in total. The molecule has 4 aliphatic rings. The third kappa shape index (κ3) is 3.66. The Morgan fingerprint density at radius 2 is 2.14 bits per heavy atom. The van der Waals surface area contributed by atoms with Gasteiger partial charge in [0.1, 0.15) is 12.2 Å². The van der Waals surface area contributed by atoms with E-state index in [0.717, 1.165) is 59.0 Å². The third-order valence-electron chi connectivity index (χ3n) is 7.91. The first-order valence-corrected chi connectivity index (χ1v) is 12.6. The Balaban J connectivity index is 1.05. The molecule has 2 bridgehead atoms. The van der Waals surface area contributed by atoms with Gasteiger partial charge in [-0.2, -0.15) is 10.2 Å². The van der Waals surface area contributed by atoms with E-state index in [9.17, 15) is 4.79 Å². The highest BCUT2D eigenvalue weighted by atomic mass is 16.6. The summed E-state index contributed by atoms with van der Waals surface area (Å²) in [7, 11) is 1.92. The van der Waals surface area contributed by atoms with Crippen LogP contribution in [0.3, 0.4) is 0 Å². The van der Waals surface area contributed by atoms with Crippen LogP contribution in [0.2, 0.25) is 0 Å². The van der Waals surface area contributed by atoms with Crippen LogP contribution in [-0.2, 0) is 16.5 Å². The molecule has 12 heteroatoms. The molecule has 12 nitrogen and oxygen atoms in total. The molecule has 1 aliphatic heterocycles. The van der Waals surface area contributed by atoms with Crippen molar-refractivity contribution in [3.05, 3.63) is 41.6 Å². The van der Waals surface area contributed by atoms with Gasteiger partial charge in [-0.3, -0.25) is 14.2 Å². The minimum absolute atomic E-state index is 0.00633. The van der Waals surface area contributed by atoms with Gasteiger partial charge in [0, 0.05) is 37.5 Å². The number of carbonyl (C=O) groups is 1. The monoisotopic (exact) mass is 503 g/mol. The van der Waals surface area contributed by atoms with Gasteiger partial charge in [0.15, 0.2) is 11.5 Å². The number of hydrogen-bond donors (Lipinski definition) is 3. The van der Waals surface area contributed by atoms with Crippen molar-refractivity contribution in [2.45, 2.75) is 57.3 Å². The van der Waals surface area contributed by atoms with Crippen molar-refractivity contribution in [1.82, 2.24) is 39.7 Å². The fourth-order valence-corrected chi connectivity index (χ4v) is 5.97. The molecule has 4 aromatic rings. The van der Waals surface area contributed by atoms with Gasteiger partial charge in [0.05, 0.1) is 35.4 Å². The van der Waals surface area contributed by atoms with Crippen molar-refractivity contribution in [2.24, 2.45) is 13.0 Å². The van der Waals surface area contributed by atoms with E-state index in [4.69, 9.17) is 14.5 Å². The van der Waals surface area contributed by atoms with Crippen LogP contribution in [-0.4, -0.2) is 58.7 Å². The van der Waals surface area contributed by atoms with Crippen molar-refractivity contribution in [1.29, 1.82) is 0 Å². The summed E-state index contributed by atoms with van der Waals surface area (Å²) in [6.45, 7) is 4.36. The molecule has 1 saturated heterocycles. The summed E-state index contributed by atoms with van der Waals surface area (Å²) in [5, 5.41) is 18.2. The molecule has 192 valence electrons. The van der Waals surface area contributed by atoms with Gasteiger partial charge in [-0.05, 0) is 44.6 Å². The minimum Gasteiger partial charge on any atom is -0.444 e. The van der Waals surface area contributed by atoms with Gasteiger partial charge in [0.25, 0.3) is 0 Å². The zero-order valence-electron chi connectivity index (χ0n) is 21.0. The van der Waals surface area contributed by atoms with Crippen molar-refractivity contribution in [3.63, 3.8) is 0 Å². The van der Waals surface area contributed by atoms with Gasteiger partial charge in [-0.25, -0.2) is 14.8 Å². The summed E-state index contributed by atoms with van der Waals surface area (Å²) >= 11 is 0. The number of fused-ring (bicyclic) bond motifs is 1. The third-order valence-corrected chi connectivity index (χ3v) is 7.91. The molecule has 0 aromatic carbocycles. The van der Waals surface area contributed by atoms with Gasteiger partial charge >= 0.3 is 6.09 Å². The number of aryl methyl sites for hydroxylation is 3. The first-order valence-electron chi connectivity index (χ1n) is 12.6. The zero-order chi connectivity index (χ0) is 25.3. The number of aromatic nitrogens is 7. The number of amides is 1. The van der Waals surface area contributed by atoms with Crippen molar-refractivity contribution < 1.29 is 14.3 Å². The van der Waals surface area contributed by atoms with Crippen molar-refractivity contribution in [2.75, 3.05) is 11.9 Å². The lowest BCUT2D eigenvalue weighted by atomic mass is 9.50.